The molecule has 0 aliphatic heterocycles. The molecule has 26 heavy (non-hydrogen) atoms. The van der Waals surface area contributed by atoms with Crippen molar-refractivity contribution in [2.75, 3.05) is 5.32 Å². The number of hydrogen-bond donors (Lipinski definition) is 1. The topological polar surface area (TPSA) is 59.8 Å². The number of amides is 1. The summed E-state index contributed by atoms with van der Waals surface area (Å²) in [5.74, 6) is 0.737. The predicted molar refractivity (Wildman–Crippen MR) is 106 cm³/mol. The van der Waals surface area contributed by atoms with Gasteiger partial charge in [-0.1, -0.05) is 53.2 Å². The Balaban J connectivity index is 1.70. The summed E-state index contributed by atoms with van der Waals surface area (Å²) < 4.78 is 1.93. The maximum Gasteiger partial charge on any atom is 0.237 e. The zero-order valence-electron chi connectivity index (χ0n) is 15.4. The minimum Gasteiger partial charge on any atom is -0.325 e. The van der Waals surface area contributed by atoms with Crippen LogP contribution in [0.5, 0.6) is 0 Å². The molecule has 0 unspecified atom stereocenters. The van der Waals surface area contributed by atoms with Crippen molar-refractivity contribution in [1.82, 2.24) is 14.8 Å². The second-order valence-corrected chi connectivity index (χ2v) is 7.66. The molecular formula is C20H22N4OS. The van der Waals surface area contributed by atoms with E-state index in [9.17, 15) is 4.79 Å². The van der Waals surface area contributed by atoms with E-state index < -0.39 is 0 Å². The molecule has 3 aromatic rings. The standard InChI is InChI=1S/C20H22N4OS/c1-13-8-10-17(11-9-13)21-19(25)15(3)26-20-23-22-18(24(20)4)16-7-5-6-14(2)12-16/h5-12,15H,1-4H3,(H,21,25)/t15-/m1/s1. The first-order valence-corrected chi connectivity index (χ1v) is 9.32. The minimum atomic E-state index is -0.287. The van der Waals surface area contributed by atoms with Gasteiger partial charge in [0.25, 0.3) is 0 Å². The third kappa shape index (κ3) is 4.14. The molecule has 6 heteroatoms. The maximum atomic E-state index is 12.4. The van der Waals surface area contributed by atoms with E-state index in [1.165, 1.54) is 17.3 Å². The van der Waals surface area contributed by atoms with E-state index in [4.69, 9.17) is 0 Å². The Morgan fingerprint density at radius 2 is 1.81 bits per heavy atom. The summed E-state index contributed by atoms with van der Waals surface area (Å²) in [6.45, 7) is 5.94. The van der Waals surface area contributed by atoms with Crippen molar-refractivity contribution < 1.29 is 4.79 Å². The fourth-order valence-electron chi connectivity index (χ4n) is 2.55. The number of anilines is 1. The van der Waals surface area contributed by atoms with Gasteiger partial charge in [-0.05, 0) is 39.0 Å². The first-order chi connectivity index (χ1) is 12.4. The second-order valence-electron chi connectivity index (χ2n) is 6.35. The van der Waals surface area contributed by atoms with Gasteiger partial charge in [-0.25, -0.2) is 0 Å². The SMILES string of the molecule is Cc1ccc(NC(=O)[C@@H](C)Sc2nnc(-c3cccc(C)c3)n2C)cc1. The van der Waals surface area contributed by atoms with Crippen LogP contribution in [0.2, 0.25) is 0 Å². The predicted octanol–water partition coefficient (Wildman–Crippen LogP) is 4.22. The zero-order valence-corrected chi connectivity index (χ0v) is 16.2. The third-order valence-corrected chi connectivity index (χ3v) is 5.22. The number of nitrogens with zero attached hydrogens (tertiary/aromatic N) is 3. The molecule has 0 bridgehead atoms. The van der Waals surface area contributed by atoms with Crippen molar-refractivity contribution in [2.45, 2.75) is 31.2 Å². The summed E-state index contributed by atoms with van der Waals surface area (Å²) in [5.41, 5.74) is 4.15. The van der Waals surface area contributed by atoms with E-state index in [0.29, 0.717) is 5.16 Å². The van der Waals surface area contributed by atoms with Crippen molar-refractivity contribution in [1.29, 1.82) is 0 Å². The highest BCUT2D eigenvalue weighted by molar-refractivity contribution is 8.00. The maximum absolute atomic E-state index is 12.4. The number of rotatable bonds is 5. The van der Waals surface area contributed by atoms with E-state index in [1.807, 2.05) is 74.9 Å². The van der Waals surface area contributed by atoms with Crippen molar-refractivity contribution in [3.63, 3.8) is 0 Å². The molecule has 2 aromatic carbocycles. The molecule has 5 nitrogen and oxygen atoms in total. The normalized spacial score (nSPS) is 12.0. The Labute approximate surface area is 157 Å². The van der Waals surface area contributed by atoms with Crippen LogP contribution < -0.4 is 5.32 Å². The van der Waals surface area contributed by atoms with Gasteiger partial charge >= 0.3 is 0 Å². The van der Waals surface area contributed by atoms with E-state index >= 15 is 0 Å². The number of aromatic nitrogens is 3. The van der Waals surface area contributed by atoms with Gasteiger partial charge in [0, 0.05) is 18.3 Å². The smallest absolute Gasteiger partial charge is 0.237 e. The summed E-state index contributed by atoms with van der Waals surface area (Å²) in [6, 6.07) is 15.9. The number of benzene rings is 2. The van der Waals surface area contributed by atoms with E-state index in [-0.39, 0.29) is 11.2 Å². The van der Waals surface area contributed by atoms with Crippen LogP contribution in [0, 0.1) is 13.8 Å². The zero-order chi connectivity index (χ0) is 18.7. The molecule has 0 aliphatic carbocycles. The molecule has 0 radical (unpaired) electrons. The Kier molecular flexibility index (Phi) is 5.42. The van der Waals surface area contributed by atoms with Gasteiger partial charge in [0.15, 0.2) is 11.0 Å². The molecule has 1 heterocycles. The fraction of sp³-hybridized carbons (Fsp3) is 0.250. The highest BCUT2D eigenvalue weighted by atomic mass is 32.2. The molecule has 0 spiro atoms. The number of carbonyl (C=O) groups is 1. The van der Waals surface area contributed by atoms with E-state index in [1.54, 1.807) is 0 Å². The Bertz CT molecular complexity index is 918. The molecule has 1 atom stereocenters. The van der Waals surface area contributed by atoms with E-state index in [0.717, 1.165) is 22.6 Å². The highest BCUT2D eigenvalue weighted by Gasteiger charge is 2.19. The van der Waals surface area contributed by atoms with E-state index in [2.05, 4.69) is 21.6 Å². The molecular weight excluding hydrogens is 344 g/mol. The quantitative estimate of drug-likeness (QED) is 0.687. The molecule has 1 aromatic heterocycles. The largest absolute Gasteiger partial charge is 0.325 e. The van der Waals surface area contributed by atoms with Crippen molar-refractivity contribution in [3.8, 4) is 11.4 Å². The first-order valence-electron chi connectivity index (χ1n) is 8.44. The lowest BCUT2D eigenvalue weighted by molar-refractivity contribution is -0.115. The average Bonchev–Trinajstić information content (AvgIpc) is 2.97. The summed E-state index contributed by atoms with van der Waals surface area (Å²) in [6.07, 6.45) is 0. The monoisotopic (exact) mass is 366 g/mol. The van der Waals surface area contributed by atoms with Gasteiger partial charge in [-0.2, -0.15) is 0 Å². The van der Waals surface area contributed by atoms with Gasteiger partial charge in [0.1, 0.15) is 0 Å². The highest BCUT2D eigenvalue weighted by Crippen LogP contribution is 2.26. The molecule has 1 amide bonds. The lowest BCUT2D eigenvalue weighted by Gasteiger charge is -2.12. The lowest BCUT2D eigenvalue weighted by Crippen LogP contribution is -2.22. The van der Waals surface area contributed by atoms with Crippen LogP contribution in [-0.4, -0.2) is 25.9 Å². The van der Waals surface area contributed by atoms with Crippen LogP contribution in [0.15, 0.2) is 53.7 Å². The molecule has 134 valence electrons. The van der Waals surface area contributed by atoms with Gasteiger partial charge in [0.2, 0.25) is 5.91 Å². The summed E-state index contributed by atoms with van der Waals surface area (Å²) >= 11 is 1.40. The van der Waals surface area contributed by atoms with Crippen LogP contribution >= 0.6 is 11.8 Å². The summed E-state index contributed by atoms with van der Waals surface area (Å²) in [4.78, 5) is 12.4. The molecule has 1 N–H and O–H groups in total. The molecule has 0 aliphatic rings. The van der Waals surface area contributed by atoms with Gasteiger partial charge in [-0.3, -0.25) is 4.79 Å². The Morgan fingerprint density at radius 1 is 1.08 bits per heavy atom. The third-order valence-electron chi connectivity index (χ3n) is 4.08. The molecule has 0 saturated heterocycles. The number of nitrogens with one attached hydrogen (secondary N) is 1. The van der Waals surface area contributed by atoms with Gasteiger partial charge in [0.05, 0.1) is 5.25 Å². The Hall–Kier alpha value is -2.60. The van der Waals surface area contributed by atoms with Crippen LogP contribution in [0.1, 0.15) is 18.1 Å². The number of carbonyl (C=O) groups excluding carboxylic acids is 1. The van der Waals surface area contributed by atoms with Crippen molar-refractivity contribution in [2.24, 2.45) is 7.05 Å². The Morgan fingerprint density at radius 3 is 2.50 bits per heavy atom. The molecule has 0 saturated carbocycles. The number of aryl methyl sites for hydroxylation is 2. The first kappa shape index (κ1) is 18.2. The number of thioether (sulfide) groups is 1. The van der Waals surface area contributed by atoms with Crippen LogP contribution in [0.4, 0.5) is 5.69 Å². The lowest BCUT2D eigenvalue weighted by atomic mass is 10.1. The van der Waals surface area contributed by atoms with Crippen molar-refractivity contribution in [3.05, 3.63) is 59.7 Å². The molecule has 3 rings (SSSR count). The van der Waals surface area contributed by atoms with Crippen molar-refractivity contribution >= 4 is 23.4 Å². The van der Waals surface area contributed by atoms with Gasteiger partial charge in [-0.15, -0.1) is 10.2 Å². The minimum absolute atomic E-state index is 0.0565. The fourth-order valence-corrected chi connectivity index (χ4v) is 3.36. The van der Waals surface area contributed by atoms with Crippen LogP contribution in [0.3, 0.4) is 0 Å². The van der Waals surface area contributed by atoms with Crippen LogP contribution in [-0.2, 0) is 11.8 Å². The summed E-state index contributed by atoms with van der Waals surface area (Å²) in [5, 5.41) is 11.9. The van der Waals surface area contributed by atoms with Crippen LogP contribution in [0.25, 0.3) is 11.4 Å². The molecule has 0 fully saturated rings. The van der Waals surface area contributed by atoms with Gasteiger partial charge < -0.3 is 9.88 Å². The number of hydrogen-bond acceptors (Lipinski definition) is 4. The second kappa shape index (κ2) is 7.74. The average molecular weight is 366 g/mol. The summed E-state index contributed by atoms with van der Waals surface area (Å²) in [7, 11) is 1.92.